The van der Waals surface area contributed by atoms with Crippen molar-refractivity contribution in [1.29, 1.82) is 0 Å². The number of aromatic nitrogens is 4. The van der Waals surface area contributed by atoms with Crippen molar-refractivity contribution in [1.82, 2.24) is 19.7 Å². The lowest BCUT2D eigenvalue weighted by Gasteiger charge is -2.10. The predicted molar refractivity (Wildman–Crippen MR) is 117 cm³/mol. The molecule has 4 rings (SSSR count). The highest BCUT2D eigenvalue weighted by Gasteiger charge is 2.30. The van der Waals surface area contributed by atoms with Gasteiger partial charge in [0.2, 0.25) is 5.91 Å². The first kappa shape index (κ1) is 22.4. The second-order valence-electron chi connectivity index (χ2n) is 6.75. The van der Waals surface area contributed by atoms with E-state index in [4.69, 9.17) is 4.74 Å². The number of carbonyl (C=O) groups is 1. The molecule has 12 heteroatoms. The Bertz CT molecular complexity index is 1380. The highest BCUT2D eigenvalue weighted by molar-refractivity contribution is 7.99. The summed E-state index contributed by atoms with van der Waals surface area (Å²) in [6.07, 6.45) is -3.14. The molecule has 0 saturated heterocycles. The van der Waals surface area contributed by atoms with E-state index in [0.29, 0.717) is 11.4 Å². The van der Waals surface area contributed by atoms with Crippen molar-refractivity contribution >= 4 is 34.4 Å². The molecule has 2 aromatic carbocycles. The Hall–Kier alpha value is -3.80. The van der Waals surface area contributed by atoms with E-state index in [1.54, 1.807) is 24.3 Å². The number of hydrogen-bond donors (Lipinski definition) is 2. The van der Waals surface area contributed by atoms with E-state index in [2.05, 4.69) is 20.4 Å². The maximum atomic E-state index is 12.8. The molecular formula is C21H16F3N5O3S. The smallest absolute Gasteiger partial charge is 0.416 e. The van der Waals surface area contributed by atoms with Gasteiger partial charge in [0.1, 0.15) is 16.8 Å². The van der Waals surface area contributed by atoms with E-state index < -0.39 is 23.2 Å². The predicted octanol–water partition coefficient (Wildman–Crippen LogP) is 3.87. The first-order chi connectivity index (χ1) is 15.8. The largest absolute Gasteiger partial charge is 0.494 e. The van der Waals surface area contributed by atoms with Gasteiger partial charge in [0.15, 0.2) is 10.8 Å². The molecule has 0 aliphatic carbocycles. The molecule has 0 atom stereocenters. The number of rotatable bonds is 6. The maximum Gasteiger partial charge on any atom is 0.416 e. The van der Waals surface area contributed by atoms with Crippen molar-refractivity contribution in [2.75, 3.05) is 18.2 Å². The molecule has 2 heterocycles. The van der Waals surface area contributed by atoms with Gasteiger partial charge in [0, 0.05) is 5.69 Å². The molecule has 170 valence electrons. The number of thioether (sulfide) groups is 1. The SMILES string of the molecule is COc1ccccc1-n1ncc2c(=O)[nH]c(SCC(=O)Nc3cccc(C(F)(F)F)c3)nc21. The van der Waals surface area contributed by atoms with Gasteiger partial charge in [-0.2, -0.15) is 18.3 Å². The molecule has 0 fully saturated rings. The molecule has 2 N–H and O–H groups in total. The Labute approximate surface area is 188 Å². The van der Waals surface area contributed by atoms with Crippen molar-refractivity contribution < 1.29 is 22.7 Å². The number of nitrogens with one attached hydrogen (secondary N) is 2. The molecule has 0 aliphatic heterocycles. The van der Waals surface area contributed by atoms with E-state index in [1.807, 2.05) is 0 Å². The van der Waals surface area contributed by atoms with Crippen molar-refractivity contribution in [2.24, 2.45) is 0 Å². The quantitative estimate of drug-likeness (QED) is 0.324. The van der Waals surface area contributed by atoms with E-state index in [9.17, 15) is 22.8 Å². The lowest BCUT2D eigenvalue weighted by molar-refractivity contribution is -0.137. The maximum absolute atomic E-state index is 12.8. The Morgan fingerprint density at radius 3 is 2.76 bits per heavy atom. The Morgan fingerprint density at radius 2 is 2.00 bits per heavy atom. The number of aromatic amines is 1. The average molecular weight is 475 g/mol. The van der Waals surface area contributed by atoms with E-state index in [-0.39, 0.29) is 27.6 Å². The van der Waals surface area contributed by atoms with Crippen LogP contribution in [0.25, 0.3) is 16.7 Å². The Morgan fingerprint density at radius 1 is 1.21 bits per heavy atom. The zero-order valence-corrected chi connectivity index (χ0v) is 17.8. The number of methoxy groups -OCH3 is 1. The summed E-state index contributed by atoms with van der Waals surface area (Å²) in [6.45, 7) is 0. The highest BCUT2D eigenvalue weighted by Crippen LogP contribution is 2.31. The summed E-state index contributed by atoms with van der Waals surface area (Å²) in [5.74, 6) is -0.215. The van der Waals surface area contributed by atoms with Crippen molar-refractivity contribution in [3.8, 4) is 11.4 Å². The van der Waals surface area contributed by atoms with Crippen molar-refractivity contribution in [3.05, 3.63) is 70.6 Å². The highest BCUT2D eigenvalue weighted by atomic mass is 32.2. The van der Waals surface area contributed by atoms with Gasteiger partial charge >= 0.3 is 6.18 Å². The number of para-hydroxylation sites is 2. The molecule has 4 aromatic rings. The van der Waals surface area contributed by atoms with Crippen LogP contribution in [0.5, 0.6) is 5.75 Å². The van der Waals surface area contributed by atoms with Gasteiger partial charge in [-0.15, -0.1) is 0 Å². The number of halogens is 3. The summed E-state index contributed by atoms with van der Waals surface area (Å²) in [5.41, 5.74) is -0.451. The molecular weight excluding hydrogens is 459 g/mol. The Kier molecular flexibility index (Phi) is 6.09. The number of ether oxygens (including phenoxy) is 1. The van der Waals surface area contributed by atoms with Crippen LogP contribution < -0.4 is 15.6 Å². The minimum atomic E-state index is -4.52. The van der Waals surface area contributed by atoms with Gasteiger partial charge in [-0.25, -0.2) is 9.67 Å². The first-order valence-electron chi connectivity index (χ1n) is 9.47. The van der Waals surface area contributed by atoms with Gasteiger partial charge in [0.05, 0.1) is 24.6 Å². The van der Waals surface area contributed by atoms with Crippen molar-refractivity contribution in [2.45, 2.75) is 11.3 Å². The summed E-state index contributed by atoms with van der Waals surface area (Å²) in [6, 6.07) is 11.4. The fraction of sp³-hybridized carbons (Fsp3) is 0.143. The number of carbonyl (C=O) groups excluding carboxylic acids is 1. The monoisotopic (exact) mass is 475 g/mol. The van der Waals surface area contributed by atoms with Crippen LogP contribution in [0, 0.1) is 0 Å². The molecule has 0 saturated carbocycles. The van der Waals surface area contributed by atoms with Gasteiger partial charge in [-0.1, -0.05) is 30.0 Å². The fourth-order valence-corrected chi connectivity index (χ4v) is 3.71. The minimum absolute atomic E-state index is 0.0154. The molecule has 0 bridgehead atoms. The van der Waals surface area contributed by atoms with Crippen molar-refractivity contribution in [3.63, 3.8) is 0 Å². The number of hydrogen-bond acceptors (Lipinski definition) is 6. The number of amides is 1. The summed E-state index contributed by atoms with van der Waals surface area (Å²) in [4.78, 5) is 31.7. The second kappa shape index (κ2) is 8.98. The lowest BCUT2D eigenvalue weighted by Crippen LogP contribution is -2.16. The molecule has 8 nitrogen and oxygen atoms in total. The third kappa shape index (κ3) is 4.85. The molecule has 33 heavy (non-hydrogen) atoms. The van der Waals surface area contributed by atoms with Gasteiger partial charge in [-0.3, -0.25) is 9.59 Å². The van der Waals surface area contributed by atoms with Crippen LogP contribution in [0.4, 0.5) is 18.9 Å². The minimum Gasteiger partial charge on any atom is -0.494 e. The van der Waals surface area contributed by atoms with Crippen LogP contribution >= 0.6 is 11.8 Å². The van der Waals surface area contributed by atoms with Crippen LogP contribution in [-0.4, -0.2) is 38.5 Å². The molecule has 0 spiro atoms. The Balaban J connectivity index is 1.54. The van der Waals surface area contributed by atoms with Crippen LogP contribution in [0.2, 0.25) is 0 Å². The first-order valence-corrected chi connectivity index (χ1v) is 10.5. The van der Waals surface area contributed by atoms with Gasteiger partial charge < -0.3 is 15.0 Å². The van der Waals surface area contributed by atoms with E-state index >= 15 is 0 Å². The number of fused-ring (bicyclic) bond motifs is 1. The molecule has 2 aromatic heterocycles. The van der Waals surface area contributed by atoms with Gasteiger partial charge in [-0.05, 0) is 30.3 Å². The summed E-state index contributed by atoms with van der Waals surface area (Å²) >= 11 is 0.930. The second-order valence-corrected chi connectivity index (χ2v) is 7.72. The number of benzene rings is 2. The van der Waals surface area contributed by atoms with Crippen LogP contribution in [0.15, 0.2) is 64.7 Å². The van der Waals surface area contributed by atoms with Crippen LogP contribution in [0.3, 0.4) is 0 Å². The van der Waals surface area contributed by atoms with E-state index in [1.165, 1.54) is 30.1 Å². The summed E-state index contributed by atoms with van der Waals surface area (Å²) < 4.78 is 45.3. The van der Waals surface area contributed by atoms with E-state index in [0.717, 1.165) is 23.9 Å². The lowest BCUT2D eigenvalue weighted by atomic mass is 10.2. The fourth-order valence-electron chi connectivity index (χ4n) is 3.05. The average Bonchev–Trinajstić information content (AvgIpc) is 3.21. The van der Waals surface area contributed by atoms with Crippen LogP contribution in [0.1, 0.15) is 5.56 Å². The third-order valence-corrected chi connectivity index (χ3v) is 5.42. The summed E-state index contributed by atoms with van der Waals surface area (Å²) in [5, 5.41) is 7.04. The zero-order valence-electron chi connectivity index (χ0n) is 17.0. The number of anilines is 1. The zero-order chi connectivity index (χ0) is 23.6. The molecule has 1 amide bonds. The molecule has 0 aliphatic rings. The standard InChI is InChI=1S/C21H16F3N5O3S/c1-32-16-8-3-2-7-15(16)29-18-14(10-25-29)19(31)28-20(27-18)33-11-17(30)26-13-6-4-5-12(9-13)21(22,23)24/h2-10H,11H2,1H3,(H,26,30)(H,27,28,31). The number of alkyl halides is 3. The number of nitrogens with zero attached hydrogens (tertiary/aromatic N) is 3. The summed E-state index contributed by atoms with van der Waals surface area (Å²) in [7, 11) is 1.51. The molecule has 0 radical (unpaired) electrons. The van der Waals surface area contributed by atoms with Gasteiger partial charge in [0.25, 0.3) is 5.56 Å². The topological polar surface area (TPSA) is 102 Å². The number of H-pyrrole nitrogens is 1. The molecule has 0 unspecified atom stereocenters. The van der Waals surface area contributed by atoms with Crippen LogP contribution in [-0.2, 0) is 11.0 Å². The third-order valence-electron chi connectivity index (χ3n) is 4.54. The normalized spacial score (nSPS) is 11.5.